The zero-order valence-corrected chi connectivity index (χ0v) is 11.4. The topological polar surface area (TPSA) is 92.5 Å². The summed E-state index contributed by atoms with van der Waals surface area (Å²) in [6, 6.07) is 0. The predicted octanol–water partition coefficient (Wildman–Crippen LogP) is 0.214. The number of hydrogen-bond acceptors (Lipinski definition) is 4. The molecule has 0 saturated carbocycles. The monoisotopic (exact) mass is 275 g/mol. The van der Waals surface area contributed by atoms with Gasteiger partial charge in [0.25, 0.3) is 10.0 Å². The van der Waals surface area contributed by atoms with Crippen LogP contribution in [-0.2, 0) is 21.9 Å². The smallest absolute Gasteiger partial charge is 0.303 e. The third kappa shape index (κ3) is 3.30. The fourth-order valence-electron chi connectivity index (χ4n) is 1.38. The Bertz CT molecular complexity index is 516. The van der Waals surface area contributed by atoms with Gasteiger partial charge in [-0.3, -0.25) is 4.79 Å². The number of carbonyl (C=O) groups is 1. The van der Waals surface area contributed by atoms with Crippen molar-refractivity contribution in [2.75, 3.05) is 13.6 Å². The van der Waals surface area contributed by atoms with Crippen molar-refractivity contribution in [3.8, 4) is 0 Å². The van der Waals surface area contributed by atoms with E-state index in [-0.39, 0.29) is 24.4 Å². The highest BCUT2D eigenvalue weighted by Crippen LogP contribution is 2.13. The van der Waals surface area contributed by atoms with Crippen LogP contribution >= 0.6 is 0 Å². The second kappa shape index (κ2) is 5.49. The molecule has 0 aliphatic rings. The van der Waals surface area contributed by atoms with Crippen LogP contribution in [0.1, 0.15) is 18.7 Å². The van der Waals surface area contributed by atoms with E-state index in [1.165, 1.54) is 13.2 Å². The first-order valence-electron chi connectivity index (χ1n) is 5.43. The van der Waals surface area contributed by atoms with Gasteiger partial charge in [0.2, 0.25) is 0 Å². The lowest BCUT2D eigenvalue weighted by Crippen LogP contribution is -2.28. The van der Waals surface area contributed by atoms with Crippen molar-refractivity contribution in [3.63, 3.8) is 0 Å². The average molecular weight is 275 g/mol. The zero-order chi connectivity index (χ0) is 13.9. The maximum Gasteiger partial charge on any atom is 0.303 e. The molecule has 0 aliphatic carbocycles. The Hall–Kier alpha value is -1.41. The minimum atomic E-state index is -3.63. The summed E-state index contributed by atoms with van der Waals surface area (Å²) in [4.78, 5) is 14.3. The number of aromatic nitrogens is 2. The molecular formula is C10H17N3O4S. The van der Waals surface area contributed by atoms with E-state index in [9.17, 15) is 13.2 Å². The molecule has 7 nitrogen and oxygen atoms in total. The highest BCUT2D eigenvalue weighted by Gasteiger charge is 2.23. The molecule has 1 N–H and O–H groups in total. The van der Waals surface area contributed by atoms with E-state index in [0.717, 1.165) is 4.31 Å². The number of carboxylic acid groups (broad SMARTS) is 1. The van der Waals surface area contributed by atoms with Crippen LogP contribution in [0.4, 0.5) is 0 Å². The summed E-state index contributed by atoms with van der Waals surface area (Å²) in [6.07, 6.45) is 1.66. The lowest BCUT2D eigenvalue weighted by molar-refractivity contribution is -0.137. The van der Waals surface area contributed by atoms with Crippen LogP contribution in [0.2, 0.25) is 0 Å². The van der Waals surface area contributed by atoms with Gasteiger partial charge >= 0.3 is 5.97 Å². The van der Waals surface area contributed by atoms with Gasteiger partial charge in [-0.2, -0.15) is 4.31 Å². The highest BCUT2D eigenvalue weighted by molar-refractivity contribution is 7.89. The molecular weight excluding hydrogens is 258 g/mol. The van der Waals surface area contributed by atoms with Crippen molar-refractivity contribution in [1.82, 2.24) is 13.9 Å². The number of hydrogen-bond donors (Lipinski definition) is 1. The van der Waals surface area contributed by atoms with Gasteiger partial charge in [0.05, 0.1) is 0 Å². The number of nitrogens with zero attached hydrogens (tertiary/aromatic N) is 3. The minimum absolute atomic E-state index is 0.0136. The first-order valence-corrected chi connectivity index (χ1v) is 6.87. The van der Waals surface area contributed by atoms with Gasteiger partial charge in [-0.25, -0.2) is 13.4 Å². The number of sulfonamides is 1. The average Bonchev–Trinajstić information content (AvgIpc) is 2.59. The summed E-state index contributed by atoms with van der Waals surface area (Å²) in [6.45, 7) is 1.87. The van der Waals surface area contributed by atoms with Crippen molar-refractivity contribution in [3.05, 3.63) is 12.0 Å². The molecule has 0 amide bonds. The lowest BCUT2D eigenvalue weighted by Gasteiger charge is -2.14. The summed E-state index contributed by atoms with van der Waals surface area (Å²) in [5.41, 5.74) is 0. The van der Waals surface area contributed by atoms with Crippen LogP contribution in [0.25, 0.3) is 0 Å². The molecule has 18 heavy (non-hydrogen) atoms. The molecule has 1 aromatic rings. The van der Waals surface area contributed by atoms with E-state index < -0.39 is 16.0 Å². The fraction of sp³-hybridized carbons (Fsp3) is 0.600. The third-order valence-electron chi connectivity index (χ3n) is 2.62. The summed E-state index contributed by atoms with van der Waals surface area (Å²) in [7, 11) is -0.498. The maximum absolute atomic E-state index is 12.1. The van der Waals surface area contributed by atoms with Crippen LogP contribution in [0.15, 0.2) is 11.2 Å². The van der Waals surface area contributed by atoms with Gasteiger partial charge in [-0.05, 0) is 13.3 Å². The molecule has 0 spiro atoms. The largest absolute Gasteiger partial charge is 0.481 e. The first kappa shape index (κ1) is 14.7. The van der Waals surface area contributed by atoms with Crippen molar-refractivity contribution in [2.24, 2.45) is 7.05 Å². The molecule has 0 fully saturated rings. The van der Waals surface area contributed by atoms with Crippen LogP contribution in [-0.4, -0.2) is 46.9 Å². The normalized spacial score (nSPS) is 12.0. The molecule has 0 saturated heterocycles. The van der Waals surface area contributed by atoms with Crippen molar-refractivity contribution >= 4 is 16.0 Å². The Labute approximate surface area is 106 Å². The van der Waals surface area contributed by atoms with Crippen LogP contribution < -0.4 is 0 Å². The Morgan fingerprint density at radius 3 is 2.61 bits per heavy atom. The Balaban J connectivity index is 2.77. The van der Waals surface area contributed by atoms with Crippen molar-refractivity contribution in [2.45, 2.75) is 24.8 Å². The lowest BCUT2D eigenvalue weighted by atomic mass is 10.3. The van der Waals surface area contributed by atoms with E-state index in [1.54, 1.807) is 18.5 Å². The van der Waals surface area contributed by atoms with E-state index in [2.05, 4.69) is 4.98 Å². The highest BCUT2D eigenvalue weighted by atomic mass is 32.2. The van der Waals surface area contributed by atoms with E-state index >= 15 is 0 Å². The number of aliphatic carboxylic acids is 1. The van der Waals surface area contributed by atoms with E-state index in [0.29, 0.717) is 5.82 Å². The molecule has 0 unspecified atom stereocenters. The zero-order valence-electron chi connectivity index (χ0n) is 10.6. The maximum atomic E-state index is 12.1. The van der Waals surface area contributed by atoms with Gasteiger partial charge in [0.1, 0.15) is 5.82 Å². The molecule has 0 bridgehead atoms. The SMILES string of the molecule is Cc1nc(S(=O)(=O)N(C)CCCC(=O)O)cn1C. The van der Waals surface area contributed by atoms with Gasteiger partial charge in [0, 0.05) is 33.3 Å². The fourth-order valence-corrected chi connectivity index (χ4v) is 2.61. The Morgan fingerprint density at radius 1 is 1.56 bits per heavy atom. The second-order valence-electron chi connectivity index (χ2n) is 4.06. The Kier molecular flexibility index (Phi) is 4.47. The second-order valence-corrected chi connectivity index (χ2v) is 6.05. The quantitative estimate of drug-likeness (QED) is 0.801. The molecule has 0 radical (unpaired) electrons. The summed E-state index contributed by atoms with van der Waals surface area (Å²) >= 11 is 0. The Morgan fingerprint density at radius 2 is 2.17 bits per heavy atom. The molecule has 1 heterocycles. The molecule has 0 aromatic carbocycles. The minimum Gasteiger partial charge on any atom is -0.481 e. The van der Waals surface area contributed by atoms with E-state index in [4.69, 9.17) is 5.11 Å². The van der Waals surface area contributed by atoms with Gasteiger partial charge in [0.15, 0.2) is 5.03 Å². The van der Waals surface area contributed by atoms with Crippen LogP contribution in [0.5, 0.6) is 0 Å². The number of rotatable bonds is 6. The van der Waals surface area contributed by atoms with Gasteiger partial charge < -0.3 is 9.67 Å². The van der Waals surface area contributed by atoms with Crippen LogP contribution in [0, 0.1) is 6.92 Å². The summed E-state index contributed by atoms with van der Waals surface area (Å²) < 4.78 is 26.9. The summed E-state index contributed by atoms with van der Waals surface area (Å²) in [5.74, 6) is -0.331. The van der Waals surface area contributed by atoms with Crippen molar-refractivity contribution < 1.29 is 18.3 Å². The number of carboxylic acids is 1. The van der Waals surface area contributed by atoms with Crippen molar-refractivity contribution in [1.29, 1.82) is 0 Å². The first-order chi connectivity index (χ1) is 8.25. The molecule has 0 aliphatic heterocycles. The van der Waals surface area contributed by atoms with E-state index in [1.807, 2.05) is 0 Å². The molecule has 102 valence electrons. The summed E-state index contributed by atoms with van der Waals surface area (Å²) in [5, 5.41) is 8.49. The molecule has 1 rings (SSSR count). The molecule has 1 aromatic heterocycles. The standard InChI is InChI=1S/C10H17N3O4S/c1-8-11-9(7-12(8)2)18(16,17)13(3)6-4-5-10(14)15/h7H,4-6H2,1-3H3,(H,14,15). The third-order valence-corrected chi connectivity index (χ3v) is 4.35. The number of aryl methyl sites for hydroxylation is 2. The van der Waals surface area contributed by atoms with Gasteiger partial charge in [-0.1, -0.05) is 0 Å². The predicted molar refractivity (Wildman–Crippen MR) is 64.6 cm³/mol. The number of imidazole rings is 1. The molecule has 0 atom stereocenters. The van der Waals surface area contributed by atoms with Gasteiger partial charge in [-0.15, -0.1) is 0 Å². The van der Waals surface area contributed by atoms with Crippen LogP contribution in [0.3, 0.4) is 0 Å². The molecule has 8 heteroatoms.